The van der Waals surface area contributed by atoms with Crippen LogP contribution in [0.5, 0.6) is 0 Å². The molecule has 0 atom stereocenters. The molecule has 0 spiro atoms. The highest BCUT2D eigenvalue weighted by atomic mass is 16.6. The summed E-state index contributed by atoms with van der Waals surface area (Å²) in [5, 5.41) is 0. The van der Waals surface area contributed by atoms with Gasteiger partial charge in [0, 0.05) is 24.5 Å². The van der Waals surface area contributed by atoms with Gasteiger partial charge in [0.05, 0.1) is 11.4 Å². The molecule has 2 heterocycles. The molecule has 2 rings (SSSR count). The third-order valence-electron chi connectivity index (χ3n) is 3.13. The molecule has 21 heavy (non-hydrogen) atoms. The molecule has 5 heteroatoms. The van der Waals surface area contributed by atoms with Gasteiger partial charge < -0.3 is 10.5 Å². The molecule has 0 radical (unpaired) electrons. The molecule has 114 valence electrons. The summed E-state index contributed by atoms with van der Waals surface area (Å²) >= 11 is 0. The number of aromatic nitrogens is 1. The zero-order valence-corrected chi connectivity index (χ0v) is 12.9. The summed E-state index contributed by atoms with van der Waals surface area (Å²) in [6.07, 6.45) is 8.01. The smallest absolute Gasteiger partial charge is 0.414 e. The van der Waals surface area contributed by atoms with Crippen molar-refractivity contribution in [2.24, 2.45) is 0 Å². The molecule has 1 amide bonds. The van der Waals surface area contributed by atoms with E-state index in [-0.39, 0.29) is 6.09 Å². The second-order valence-electron chi connectivity index (χ2n) is 6.22. The minimum atomic E-state index is -0.511. The first kappa shape index (κ1) is 15.4. The zero-order chi connectivity index (χ0) is 15.5. The molecule has 1 aliphatic heterocycles. The van der Waals surface area contributed by atoms with Crippen LogP contribution in [-0.4, -0.2) is 28.1 Å². The van der Waals surface area contributed by atoms with Gasteiger partial charge in [-0.15, -0.1) is 0 Å². The Kier molecular flexibility index (Phi) is 4.50. The number of nitrogens with two attached hydrogens (primary N) is 1. The van der Waals surface area contributed by atoms with Crippen LogP contribution < -0.4 is 5.73 Å². The third kappa shape index (κ3) is 4.21. The van der Waals surface area contributed by atoms with E-state index in [0.29, 0.717) is 12.2 Å². The molecule has 0 saturated heterocycles. The van der Waals surface area contributed by atoms with Crippen molar-refractivity contribution in [2.75, 3.05) is 12.3 Å². The fourth-order valence-corrected chi connectivity index (χ4v) is 2.26. The number of nitrogens with zero attached hydrogens (tertiary/aromatic N) is 2. The Hall–Kier alpha value is -2.04. The van der Waals surface area contributed by atoms with Gasteiger partial charge in [0.2, 0.25) is 0 Å². The van der Waals surface area contributed by atoms with Crippen LogP contribution in [0.2, 0.25) is 0 Å². The van der Waals surface area contributed by atoms with E-state index in [2.05, 4.69) is 11.1 Å². The number of hydrogen-bond donors (Lipinski definition) is 1. The van der Waals surface area contributed by atoms with E-state index >= 15 is 0 Å². The molecule has 0 bridgehead atoms. The summed E-state index contributed by atoms with van der Waals surface area (Å²) in [6.45, 7) is 6.26. The minimum absolute atomic E-state index is 0.321. The topological polar surface area (TPSA) is 68.5 Å². The van der Waals surface area contributed by atoms with Crippen molar-refractivity contribution >= 4 is 17.5 Å². The molecule has 1 aromatic rings. The van der Waals surface area contributed by atoms with Gasteiger partial charge >= 0.3 is 6.09 Å². The lowest BCUT2D eigenvalue weighted by molar-refractivity contribution is 0.0353. The average Bonchev–Trinajstić information content (AvgIpc) is 2.62. The van der Waals surface area contributed by atoms with Crippen molar-refractivity contribution in [3.05, 3.63) is 30.1 Å². The number of allylic oxidation sites excluding steroid dienone is 1. The van der Waals surface area contributed by atoms with Gasteiger partial charge in [-0.05, 0) is 46.1 Å². The van der Waals surface area contributed by atoms with Crippen LogP contribution in [0.3, 0.4) is 0 Å². The highest BCUT2D eigenvalue weighted by Gasteiger charge is 2.26. The van der Waals surface area contributed by atoms with Gasteiger partial charge in [-0.25, -0.2) is 4.79 Å². The summed E-state index contributed by atoms with van der Waals surface area (Å²) < 4.78 is 5.51. The molecule has 0 aromatic carbocycles. The van der Waals surface area contributed by atoms with E-state index in [4.69, 9.17) is 10.5 Å². The van der Waals surface area contributed by atoms with Crippen molar-refractivity contribution in [1.29, 1.82) is 0 Å². The predicted molar refractivity (Wildman–Crippen MR) is 83.4 cm³/mol. The Morgan fingerprint density at radius 2 is 2.10 bits per heavy atom. The molecule has 0 saturated carbocycles. The van der Waals surface area contributed by atoms with E-state index < -0.39 is 5.60 Å². The molecule has 1 aromatic heterocycles. The second kappa shape index (κ2) is 6.16. The number of amides is 1. The number of rotatable bonds is 1. The zero-order valence-electron chi connectivity index (χ0n) is 12.9. The first-order valence-electron chi connectivity index (χ1n) is 7.28. The summed E-state index contributed by atoms with van der Waals surface area (Å²) in [5.74, 6) is 0. The fraction of sp³-hybridized carbons (Fsp3) is 0.500. The normalized spacial score (nSPS) is 16.1. The average molecular weight is 289 g/mol. The Labute approximate surface area is 125 Å². The number of carbonyl (C=O) groups is 1. The minimum Gasteiger partial charge on any atom is -0.443 e. The van der Waals surface area contributed by atoms with Gasteiger partial charge in [0.25, 0.3) is 0 Å². The van der Waals surface area contributed by atoms with E-state index in [9.17, 15) is 4.79 Å². The lowest BCUT2D eigenvalue weighted by atomic mass is 10.1. The van der Waals surface area contributed by atoms with Crippen LogP contribution in [-0.2, 0) is 4.74 Å². The molecule has 1 aliphatic rings. The largest absolute Gasteiger partial charge is 0.443 e. The van der Waals surface area contributed by atoms with Gasteiger partial charge in [-0.3, -0.25) is 9.88 Å². The predicted octanol–water partition coefficient (Wildman–Crippen LogP) is 3.43. The number of carbonyl (C=O) groups excluding carboxylic acids is 1. The van der Waals surface area contributed by atoms with E-state index in [1.807, 2.05) is 26.8 Å². The van der Waals surface area contributed by atoms with Crippen molar-refractivity contribution in [3.8, 4) is 0 Å². The van der Waals surface area contributed by atoms with Crippen molar-refractivity contribution < 1.29 is 9.53 Å². The molecule has 0 unspecified atom stereocenters. The molecular formula is C16H23N3O2. The Morgan fingerprint density at radius 1 is 1.33 bits per heavy atom. The van der Waals surface area contributed by atoms with Gasteiger partial charge in [-0.2, -0.15) is 0 Å². The number of hydrogen-bond acceptors (Lipinski definition) is 4. The maximum atomic E-state index is 12.4. The van der Waals surface area contributed by atoms with Crippen LogP contribution in [0.4, 0.5) is 10.5 Å². The maximum Gasteiger partial charge on any atom is 0.414 e. The van der Waals surface area contributed by atoms with Crippen molar-refractivity contribution in [2.45, 2.75) is 45.6 Å². The Balaban J connectivity index is 2.30. The maximum absolute atomic E-state index is 12.4. The second-order valence-corrected chi connectivity index (χ2v) is 6.22. The summed E-state index contributed by atoms with van der Waals surface area (Å²) in [6, 6.07) is 1.83. The highest BCUT2D eigenvalue weighted by Crippen LogP contribution is 2.26. The number of nitrogen functional groups attached to an aromatic ring is 1. The Bertz CT molecular complexity index is 547. The molecular weight excluding hydrogens is 266 g/mol. The number of anilines is 1. The number of ether oxygens (including phenoxy) is 1. The van der Waals surface area contributed by atoms with E-state index in [1.54, 1.807) is 17.3 Å². The highest BCUT2D eigenvalue weighted by molar-refractivity contribution is 5.82. The Morgan fingerprint density at radius 3 is 2.76 bits per heavy atom. The van der Waals surface area contributed by atoms with Gasteiger partial charge in [-0.1, -0.05) is 6.08 Å². The van der Waals surface area contributed by atoms with E-state index in [0.717, 1.165) is 30.5 Å². The quantitative estimate of drug-likeness (QED) is 0.860. The summed E-state index contributed by atoms with van der Waals surface area (Å²) in [7, 11) is 0. The van der Waals surface area contributed by atoms with Crippen LogP contribution in [0, 0.1) is 0 Å². The van der Waals surface area contributed by atoms with Gasteiger partial charge in [0.1, 0.15) is 5.60 Å². The first-order chi connectivity index (χ1) is 9.87. The lowest BCUT2D eigenvalue weighted by Crippen LogP contribution is -2.36. The standard InChI is InChI=1S/C16H23N3O2/c1-16(2,3)21-15(20)19-8-6-4-5-7-14(19)12-9-13(17)11-18-10-12/h7,9-11H,4-6,8,17H2,1-3H3. The first-order valence-corrected chi connectivity index (χ1v) is 7.28. The van der Waals surface area contributed by atoms with Crippen LogP contribution in [0.1, 0.15) is 45.6 Å². The number of pyridine rings is 1. The lowest BCUT2D eigenvalue weighted by Gasteiger charge is -2.28. The monoisotopic (exact) mass is 289 g/mol. The molecule has 2 N–H and O–H groups in total. The van der Waals surface area contributed by atoms with Crippen LogP contribution in [0.15, 0.2) is 24.5 Å². The molecule has 0 fully saturated rings. The van der Waals surface area contributed by atoms with Crippen LogP contribution >= 0.6 is 0 Å². The fourth-order valence-electron chi connectivity index (χ4n) is 2.26. The molecule has 0 aliphatic carbocycles. The molecule has 5 nitrogen and oxygen atoms in total. The SMILES string of the molecule is CC(C)(C)OC(=O)N1CCCCC=C1c1cncc(N)c1. The summed E-state index contributed by atoms with van der Waals surface area (Å²) in [5.41, 5.74) is 7.56. The van der Waals surface area contributed by atoms with Crippen LogP contribution in [0.25, 0.3) is 5.70 Å². The van der Waals surface area contributed by atoms with Gasteiger partial charge in [0.15, 0.2) is 0 Å². The summed E-state index contributed by atoms with van der Waals surface area (Å²) in [4.78, 5) is 18.2. The van der Waals surface area contributed by atoms with Crippen molar-refractivity contribution in [3.63, 3.8) is 0 Å². The van der Waals surface area contributed by atoms with E-state index in [1.165, 1.54) is 0 Å². The van der Waals surface area contributed by atoms with Crippen molar-refractivity contribution in [1.82, 2.24) is 9.88 Å². The third-order valence-corrected chi connectivity index (χ3v) is 3.13.